The van der Waals surface area contributed by atoms with Crippen molar-refractivity contribution < 1.29 is 14.2 Å². The predicted molar refractivity (Wildman–Crippen MR) is 86.1 cm³/mol. The van der Waals surface area contributed by atoms with Gasteiger partial charge in [0.05, 0.1) is 6.20 Å². The van der Waals surface area contributed by atoms with Gasteiger partial charge in [-0.3, -0.25) is 9.59 Å². The van der Waals surface area contributed by atoms with Gasteiger partial charge < -0.3 is 0 Å². The van der Waals surface area contributed by atoms with Gasteiger partial charge in [-0.15, -0.1) is 0 Å². The van der Waals surface area contributed by atoms with Crippen molar-refractivity contribution >= 4 is 11.6 Å². The van der Waals surface area contributed by atoms with Gasteiger partial charge >= 0.3 is 0 Å². The Morgan fingerprint density at radius 2 is 1.83 bits per heavy atom. The number of aromatic nitrogens is 2. The molecule has 0 aliphatic heterocycles. The van der Waals surface area contributed by atoms with Gasteiger partial charge in [0.2, 0.25) is 12.3 Å². The van der Waals surface area contributed by atoms with E-state index >= 15 is 0 Å². The lowest BCUT2D eigenvalue weighted by molar-refractivity contribution is -0.683. The quantitative estimate of drug-likeness (QED) is 0.630. The average Bonchev–Trinajstić information content (AvgIpc) is 2.63. The van der Waals surface area contributed by atoms with Crippen LogP contribution < -0.4 is 4.57 Å². The summed E-state index contributed by atoms with van der Waals surface area (Å²) in [5.41, 5.74) is 1.15. The van der Waals surface area contributed by atoms with Crippen LogP contribution in [0.4, 0.5) is 0 Å². The van der Waals surface area contributed by atoms with E-state index in [4.69, 9.17) is 0 Å². The maximum Gasteiger partial charge on any atom is 0.227 e. The second-order valence-electron chi connectivity index (χ2n) is 6.10. The molecule has 1 aromatic carbocycles. The first-order chi connectivity index (χ1) is 11.2. The molecule has 0 saturated heterocycles. The van der Waals surface area contributed by atoms with Crippen LogP contribution in [0.25, 0.3) is 0 Å². The van der Waals surface area contributed by atoms with Crippen LogP contribution in [-0.4, -0.2) is 16.6 Å². The van der Waals surface area contributed by atoms with Crippen molar-refractivity contribution in [3.63, 3.8) is 0 Å². The van der Waals surface area contributed by atoms with E-state index in [1.165, 1.54) is 6.42 Å². The molecule has 3 rings (SSSR count). The Balaban J connectivity index is 1.72. The second-order valence-corrected chi connectivity index (χ2v) is 6.10. The SMILES string of the molecule is O=C(C[n+]1ccnc(C(=O)C2CCCCC2)c1)c1ccccc1. The molecule has 1 aromatic heterocycles. The molecule has 0 atom stereocenters. The maximum atomic E-state index is 12.5. The minimum Gasteiger partial charge on any atom is -0.292 e. The van der Waals surface area contributed by atoms with Crippen LogP contribution in [0.2, 0.25) is 0 Å². The van der Waals surface area contributed by atoms with Crippen LogP contribution in [0, 0.1) is 5.92 Å². The fourth-order valence-corrected chi connectivity index (χ4v) is 3.11. The molecule has 0 N–H and O–H groups in total. The highest BCUT2D eigenvalue weighted by atomic mass is 16.1. The fraction of sp³-hybridized carbons (Fsp3) is 0.368. The van der Waals surface area contributed by atoms with E-state index in [1.54, 1.807) is 35.3 Å². The molecule has 0 spiro atoms. The molecular formula is C19H21N2O2+. The summed E-state index contributed by atoms with van der Waals surface area (Å²) in [4.78, 5) is 29.0. The Bertz CT molecular complexity index is 692. The lowest BCUT2D eigenvalue weighted by Crippen LogP contribution is -2.39. The van der Waals surface area contributed by atoms with E-state index in [0.717, 1.165) is 25.7 Å². The van der Waals surface area contributed by atoms with Crippen molar-refractivity contribution in [2.24, 2.45) is 5.92 Å². The standard InChI is InChI=1S/C19H21N2O2/c22-18(15-7-3-1-4-8-15)14-21-12-11-20-17(13-21)19(23)16-9-5-2-6-10-16/h1,3-4,7-8,11-13,16H,2,5-6,9-10,14H2/q+1. The summed E-state index contributed by atoms with van der Waals surface area (Å²) in [6.07, 6.45) is 10.4. The lowest BCUT2D eigenvalue weighted by atomic mass is 9.85. The van der Waals surface area contributed by atoms with Gasteiger partial charge in [-0.25, -0.2) is 4.98 Å². The molecule has 0 amide bonds. The number of Topliss-reactive ketones (excluding diaryl/α,β-unsaturated/α-hetero) is 2. The molecule has 1 aliphatic carbocycles. The van der Waals surface area contributed by atoms with Crippen molar-refractivity contribution in [1.82, 2.24) is 4.98 Å². The summed E-state index contributed by atoms with van der Waals surface area (Å²) in [5.74, 6) is 0.237. The zero-order valence-corrected chi connectivity index (χ0v) is 13.1. The molecule has 0 bridgehead atoms. The largest absolute Gasteiger partial charge is 0.292 e. The van der Waals surface area contributed by atoms with Crippen LogP contribution in [-0.2, 0) is 6.54 Å². The molecule has 1 fully saturated rings. The van der Waals surface area contributed by atoms with Gasteiger partial charge in [-0.2, -0.15) is 4.57 Å². The number of carbonyl (C=O) groups excluding carboxylic acids is 2. The van der Waals surface area contributed by atoms with Gasteiger partial charge in [0.1, 0.15) is 0 Å². The molecule has 0 radical (unpaired) electrons. The van der Waals surface area contributed by atoms with E-state index in [9.17, 15) is 9.59 Å². The summed E-state index contributed by atoms with van der Waals surface area (Å²) >= 11 is 0. The molecule has 1 heterocycles. The number of hydrogen-bond donors (Lipinski definition) is 0. The van der Waals surface area contributed by atoms with Crippen molar-refractivity contribution in [3.8, 4) is 0 Å². The Morgan fingerprint density at radius 3 is 2.57 bits per heavy atom. The number of hydrogen-bond acceptors (Lipinski definition) is 3. The molecule has 118 valence electrons. The highest BCUT2D eigenvalue weighted by molar-refractivity contribution is 5.96. The van der Waals surface area contributed by atoms with Crippen LogP contribution in [0.1, 0.15) is 53.0 Å². The van der Waals surface area contributed by atoms with E-state index in [1.807, 2.05) is 18.2 Å². The Morgan fingerprint density at radius 1 is 1.09 bits per heavy atom. The number of carbonyl (C=O) groups is 2. The second kappa shape index (κ2) is 7.27. The number of rotatable bonds is 5. The van der Waals surface area contributed by atoms with Crippen molar-refractivity contribution in [1.29, 1.82) is 0 Å². The van der Waals surface area contributed by atoms with E-state index in [0.29, 0.717) is 11.3 Å². The van der Waals surface area contributed by atoms with Crippen LogP contribution in [0.5, 0.6) is 0 Å². The third-order valence-electron chi connectivity index (χ3n) is 4.41. The highest BCUT2D eigenvalue weighted by Crippen LogP contribution is 2.26. The van der Waals surface area contributed by atoms with E-state index < -0.39 is 0 Å². The predicted octanol–water partition coefficient (Wildman–Crippen LogP) is 3.02. The van der Waals surface area contributed by atoms with E-state index in [-0.39, 0.29) is 24.0 Å². The highest BCUT2D eigenvalue weighted by Gasteiger charge is 2.25. The summed E-state index contributed by atoms with van der Waals surface area (Å²) in [7, 11) is 0. The normalized spacial score (nSPS) is 15.3. The third-order valence-corrected chi connectivity index (χ3v) is 4.41. The minimum absolute atomic E-state index is 0.0258. The summed E-state index contributed by atoms with van der Waals surface area (Å²) in [6, 6.07) is 9.19. The molecule has 4 nitrogen and oxygen atoms in total. The summed E-state index contributed by atoms with van der Waals surface area (Å²) < 4.78 is 1.75. The minimum atomic E-state index is 0.0258. The van der Waals surface area contributed by atoms with Gasteiger partial charge in [0.15, 0.2) is 23.9 Å². The zero-order valence-electron chi connectivity index (χ0n) is 13.1. The number of ketones is 2. The van der Waals surface area contributed by atoms with E-state index in [2.05, 4.69) is 4.98 Å². The lowest BCUT2D eigenvalue weighted by Gasteiger charge is -2.19. The molecular weight excluding hydrogens is 288 g/mol. The zero-order chi connectivity index (χ0) is 16.1. The monoisotopic (exact) mass is 309 g/mol. The van der Waals surface area contributed by atoms with Crippen molar-refractivity contribution in [3.05, 3.63) is 60.2 Å². The summed E-state index contributed by atoms with van der Waals surface area (Å²) in [6.45, 7) is 0.220. The average molecular weight is 309 g/mol. The maximum absolute atomic E-state index is 12.5. The van der Waals surface area contributed by atoms with Crippen LogP contribution >= 0.6 is 0 Å². The molecule has 1 saturated carbocycles. The smallest absolute Gasteiger partial charge is 0.227 e. The molecule has 2 aromatic rings. The van der Waals surface area contributed by atoms with Crippen LogP contribution in [0.15, 0.2) is 48.9 Å². The first kappa shape index (κ1) is 15.5. The Hall–Kier alpha value is -2.36. The Kier molecular flexibility index (Phi) is 4.91. The van der Waals surface area contributed by atoms with Gasteiger partial charge in [0, 0.05) is 11.5 Å². The number of benzene rings is 1. The fourth-order valence-electron chi connectivity index (χ4n) is 3.11. The molecule has 23 heavy (non-hydrogen) atoms. The van der Waals surface area contributed by atoms with Crippen molar-refractivity contribution in [2.75, 3.05) is 0 Å². The van der Waals surface area contributed by atoms with Crippen molar-refractivity contribution in [2.45, 2.75) is 38.6 Å². The van der Waals surface area contributed by atoms with Gasteiger partial charge in [-0.05, 0) is 12.8 Å². The van der Waals surface area contributed by atoms with Gasteiger partial charge in [0.25, 0.3) is 0 Å². The van der Waals surface area contributed by atoms with Crippen LogP contribution in [0.3, 0.4) is 0 Å². The third kappa shape index (κ3) is 3.89. The molecule has 0 unspecified atom stereocenters. The molecule has 1 aliphatic rings. The molecule has 4 heteroatoms. The Labute approximate surface area is 136 Å². The van der Waals surface area contributed by atoms with Gasteiger partial charge in [-0.1, -0.05) is 49.6 Å². The summed E-state index contributed by atoms with van der Waals surface area (Å²) in [5, 5.41) is 0. The first-order valence-electron chi connectivity index (χ1n) is 8.21. The number of nitrogens with zero attached hydrogens (tertiary/aromatic N) is 2. The topological polar surface area (TPSA) is 50.9 Å². The first-order valence-corrected chi connectivity index (χ1v) is 8.21.